The lowest BCUT2D eigenvalue weighted by molar-refractivity contribution is 0.339. The summed E-state index contributed by atoms with van der Waals surface area (Å²) in [5.41, 5.74) is 7.38. The third-order valence-electron chi connectivity index (χ3n) is 3.21. The van der Waals surface area contributed by atoms with Gasteiger partial charge in [0.1, 0.15) is 5.75 Å². The molecule has 82 valence electrons. The molecule has 1 fully saturated rings. The molecular weight excluding hydrogens is 186 g/mol. The highest BCUT2D eigenvalue weighted by atomic mass is 16.5. The minimum Gasteiger partial charge on any atom is -0.494 e. The average Bonchev–Trinajstić information content (AvgIpc) is 3.02. The summed E-state index contributed by atoms with van der Waals surface area (Å²) in [5, 5.41) is 0. The number of ether oxygens (including phenoxy) is 1. The van der Waals surface area contributed by atoms with Gasteiger partial charge in [-0.05, 0) is 50.3 Å². The fourth-order valence-electron chi connectivity index (χ4n) is 2.00. The van der Waals surface area contributed by atoms with E-state index in [1.54, 1.807) is 0 Å². The maximum absolute atomic E-state index is 6.33. The van der Waals surface area contributed by atoms with Crippen molar-refractivity contribution in [3.8, 4) is 5.75 Å². The van der Waals surface area contributed by atoms with E-state index in [9.17, 15) is 0 Å². The lowest BCUT2D eigenvalue weighted by atomic mass is 9.88. The van der Waals surface area contributed by atoms with Crippen LogP contribution < -0.4 is 10.5 Å². The Morgan fingerprint density at radius 3 is 2.40 bits per heavy atom. The van der Waals surface area contributed by atoms with Gasteiger partial charge in [-0.15, -0.1) is 0 Å². The molecule has 1 aromatic rings. The fourth-order valence-corrected chi connectivity index (χ4v) is 2.00. The molecule has 2 rings (SSSR count). The summed E-state index contributed by atoms with van der Waals surface area (Å²) in [5.74, 6) is 1.59. The SMILES string of the molecule is CCOc1ccc(C(C)(N)C2CC2)cc1. The van der Waals surface area contributed by atoms with Crippen molar-refractivity contribution in [1.29, 1.82) is 0 Å². The minimum atomic E-state index is -0.162. The second kappa shape index (κ2) is 3.86. The Hall–Kier alpha value is -1.02. The molecule has 0 heterocycles. The van der Waals surface area contributed by atoms with Gasteiger partial charge in [-0.25, -0.2) is 0 Å². The minimum absolute atomic E-state index is 0.162. The van der Waals surface area contributed by atoms with Gasteiger partial charge in [-0.2, -0.15) is 0 Å². The molecule has 0 bridgehead atoms. The third-order valence-corrected chi connectivity index (χ3v) is 3.21. The number of hydrogen-bond acceptors (Lipinski definition) is 2. The van der Waals surface area contributed by atoms with Gasteiger partial charge in [-0.1, -0.05) is 12.1 Å². The molecule has 0 radical (unpaired) electrons. The predicted molar refractivity (Wildman–Crippen MR) is 61.9 cm³/mol. The van der Waals surface area contributed by atoms with Crippen LogP contribution in [0.15, 0.2) is 24.3 Å². The summed E-state index contributed by atoms with van der Waals surface area (Å²) in [6, 6.07) is 8.19. The number of nitrogens with two attached hydrogens (primary N) is 1. The summed E-state index contributed by atoms with van der Waals surface area (Å²) in [7, 11) is 0. The highest BCUT2D eigenvalue weighted by Crippen LogP contribution is 2.43. The Labute approximate surface area is 91.4 Å². The Bertz CT molecular complexity index is 325. The van der Waals surface area contributed by atoms with Gasteiger partial charge >= 0.3 is 0 Å². The molecule has 0 amide bonds. The topological polar surface area (TPSA) is 35.2 Å². The standard InChI is InChI=1S/C13H19NO/c1-3-15-12-8-6-11(7-9-12)13(2,14)10-4-5-10/h6-10H,3-5,14H2,1-2H3. The van der Waals surface area contributed by atoms with Crippen LogP contribution >= 0.6 is 0 Å². The molecule has 0 spiro atoms. The van der Waals surface area contributed by atoms with E-state index >= 15 is 0 Å². The maximum atomic E-state index is 6.33. The third kappa shape index (κ3) is 2.15. The number of hydrogen-bond donors (Lipinski definition) is 1. The maximum Gasteiger partial charge on any atom is 0.119 e. The quantitative estimate of drug-likeness (QED) is 0.820. The van der Waals surface area contributed by atoms with Gasteiger partial charge in [0.05, 0.1) is 6.61 Å². The molecule has 1 aliphatic carbocycles. The fraction of sp³-hybridized carbons (Fsp3) is 0.538. The lowest BCUT2D eigenvalue weighted by Crippen LogP contribution is -2.35. The smallest absolute Gasteiger partial charge is 0.119 e. The van der Waals surface area contributed by atoms with Crippen molar-refractivity contribution in [3.05, 3.63) is 29.8 Å². The Kier molecular flexibility index (Phi) is 2.70. The van der Waals surface area contributed by atoms with Crippen LogP contribution in [0.3, 0.4) is 0 Å². The van der Waals surface area contributed by atoms with Crippen LogP contribution in [0.1, 0.15) is 32.3 Å². The second-order valence-electron chi connectivity index (χ2n) is 4.51. The molecule has 0 aliphatic heterocycles. The first kappa shape index (κ1) is 10.5. The van der Waals surface area contributed by atoms with Crippen molar-refractivity contribution in [3.63, 3.8) is 0 Å². The van der Waals surface area contributed by atoms with E-state index in [-0.39, 0.29) is 5.54 Å². The van der Waals surface area contributed by atoms with Gasteiger partial charge in [0.2, 0.25) is 0 Å². The summed E-state index contributed by atoms with van der Waals surface area (Å²) >= 11 is 0. The van der Waals surface area contributed by atoms with E-state index < -0.39 is 0 Å². The van der Waals surface area contributed by atoms with Crippen molar-refractivity contribution >= 4 is 0 Å². The normalized spacial score (nSPS) is 19.7. The van der Waals surface area contributed by atoms with E-state index in [0.717, 1.165) is 5.75 Å². The first-order valence-corrected chi connectivity index (χ1v) is 5.67. The summed E-state index contributed by atoms with van der Waals surface area (Å²) in [6.07, 6.45) is 2.53. The van der Waals surface area contributed by atoms with Crippen LogP contribution in [0.4, 0.5) is 0 Å². The van der Waals surface area contributed by atoms with E-state index in [0.29, 0.717) is 12.5 Å². The van der Waals surface area contributed by atoms with Gasteiger partial charge in [0.25, 0.3) is 0 Å². The molecule has 1 unspecified atom stereocenters. The largest absolute Gasteiger partial charge is 0.494 e. The highest BCUT2D eigenvalue weighted by molar-refractivity contribution is 5.32. The molecular formula is C13H19NO. The molecule has 2 nitrogen and oxygen atoms in total. The molecule has 1 saturated carbocycles. The Morgan fingerprint density at radius 2 is 1.93 bits per heavy atom. The summed E-state index contributed by atoms with van der Waals surface area (Å²) in [4.78, 5) is 0. The Morgan fingerprint density at radius 1 is 1.33 bits per heavy atom. The van der Waals surface area contributed by atoms with Crippen LogP contribution in [0, 0.1) is 5.92 Å². The number of rotatable bonds is 4. The second-order valence-corrected chi connectivity index (χ2v) is 4.51. The molecule has 2 N–H and O–H groups in total. The molecule has 1 atom stereocenters. The van der Waals surface area contributed by atoms with Crippen molar-refractivity contribution in [2.24, 2.45) is 11.7 Å². The van der Waals surface area contributed by atoms with E-state index in [1.165, 1.54) is 18.4 Å². The lowest BCUT2D eigenvalue weighted by Gasteiger charge is -2.25. The monoisotopic (exact) mass is 205 g/mol. The molecule has 0 aromatic heterocycles. The summed E-state index contributed by atoms with van der Waals surface area (Å²) in [6.45, 7) is 4.83. The highest BCUT2D eigenvalue weighted by Gasteiger charge is 2.39. The molecule has 0 saturated heterocycles. The van der Waals surface area contributed by atoms with Crippen LogP contribution in [0.5, 0.6) is 5.75 Å². The first-order chi connectivity index (χ1) is 7.14. The zero-order valence-corrected chi connectivity index (χ0v) is 9.49. The van der Waals surface area contributed by atoms with Crippen LogP contribution in [-0.4, -0.2) is 6.61 Å². The van der Waals surface area contributed by atoms with Gasteiger partial charge < -0.3 is 10.5 Å². The Balaban J connectivity index is 2.15. The van der Waals surface area contributed by atoms with Crippen LogP contribution in [-0.2, 0) is 5.54 Å². The predicted octanol–water partition coefficient (Wildman–Crippen LogP) is 2.67. The van der Waals surface area contributed by atoms with Crippen molar-refractivity contribution in [2.75, 3.05) is 6.61 Å². The summed E-state index contributed by atoms with van der Waals surface area (Å²) < 4.78 is 5.41. The van der Waals surface area contributed by atoms with Crippen LogP contribution in [0.2, 0.25) is 0 Å². The van der Waals surface area contributed by atoms with E-state index in [2.05, 4.69) is 19.1 Å². The first-order valence-electron chi connectivity index (χ1n) is 5.67. The van der Waals surface area contributed by atoms with Crippen molar-refractivity contribution in [2.45, 2.75) is 32.2 Å². The van der Waals surface area contributed by atoms with Gasteiger partial charge in [-0.3, -0.25) is 0 Å². The van der Waals surface area contributed by atoms with E-state index in [1.807, 2.05) is 19.1 Å². The number of benzene rings is 1. The van der Waals surface area contributed by atoms with Crippen molar-refractivity contribution in [1.82, 2.24) is 0 Å². The molecule has 1 aliphatic rings. The molecule has 1 aromatic carbocycles. The van der Waals surface area contributed by atoms with Crippen LogP contribution in [0.25, 0.3) is 0 Å². The molecule has 15 heavy (non-hydrogen) atoms. The molecule has 2 heteroatoms. The average molecular weight is 205 g/mol. The van der Waals surface area contributed by atoms with Gasteiger partial charge in [0.15, 0.2) is 0 Å². The zero-order chi connectivity index (χ0) is 10.9. The van der Waals surface area contributed by atoms with Gasteiger partial charge in [0, 0.05) is 5.54 Å². The van der Waals surface area contributed by atoms with E-state index in [4.69, 9.17) is 10.5 Å². The zero-order valence-electron chi connectivity index (χ0n) is 9.49. The van der Waals surface area contributed by atoms with Crippen molar-refractivity contribution < 1.29 is 4.74 Å².